The van der Waals surface area contributed by atoms with Crippen molar-refractivity contribution in [3.63, 3.8) is 0 Å². The fourth-order valence-electron chi connectivity index (χ4n) is 2.47. The largest absolute Gasteiger partial charge is 0.416 e. The van der Waals surface area contributed by atoms with E-state index < -0.39 is 23.3 Å². The summed E-state index contributed by atoms with van der Waals surface area (Å²) in [4.78, 5) is 0. The summed E-state index contributed by atoms with van der Waals surface area (Å²) in [5.41, 5.74) is -4.06. The number of hydrogen-bond donors (Lipinski definition) is 0. The topological polar surface area (TPSA) is 38.9 Å². The quantitative estimate of drug-likeness (QED) is 0.535. The molecule has 27 heavy (non-hydrogen) atoms. The van der Waals surface area contributed by atoms with E-state index in [1.807, 2.05) is 0 Å². The van der Waals surface area contributed by atoms with Gasteiger partial charge in [-0.1, -0.05) is 30.3 Å². The lowest BCUT2D eigenvalue weighted by molar-refractivity contribution is -0.297. The number of halogens is 6. The summed E-state index contributed by atoms with van der Waals surface area (Å²) in [6.45, 7) is 0.113. The van der Waals surface area contributed by atoms with E-state index in [1.54, 1.807) is 30.3 Å². The molecule has 0 saturated carbocycles. The van der Waals surface area contributed by atoms with Crippen LogP contribution < -0.4 is 0 Å². The van der Waals surface area contributed by atoms with Gasteiger partial charge in [-0.2, -0.15) is 26.3 Å². The van der Waals surface area contributed by atoms with Crippen LogP contribution in [-0.2, 0) is 5.41 Å². The van der Waals surface area contributed by atoms with E-state index in [4.69, 9.17) is 4.42 Å². The minimum absolute atomic E-state index is 0.0128. The Morgan fingerprint density at radius 1 is 0.667 bits per heavy atom. The fraction of sp³-hybridized carbons (Fsp3) is 0.222. The van der Waals surface area contributed by atoms with Crippen LogP contribution in [0.5, 0.6) is 0 Å². The van der Waals surface area contributed by atoms with Gasteiger partial charge in [0.25, 0.3) is 0 Å². The van der Waals surface area contributed by atoms with Gasteiger partial charge in [-0.05, 0) is 36.8 Å². The van der Waals surface area contributed by atoms with Crippen LogP contribution in [0.4, 0.5) is 26.3 Å². The molecule has 0 spiro atoms. The molecule has 3 aromatic rings. The van der Waals surface area contributed by atoms with Gasteiger partial charge in [0, 0.05) is 11.1 Å². The Hall–Kier alpha value is -2.84. The first-order chi connectivity index (χ1) is 12.5. The second-order valence-corrected chi connectivity index (χ2v) is 5.98. The van der Waals surface area contributed by atoms with Crippen LogP contribution in [0, 0.1) is 0 Å². The van der Waals surface area contributed by atoms with Crippen molar-refractivity contribution in [3.05, 3.63) is 60.2 Å². The van der Waals surface area contributed by atoms with Crippen LogP contribution in [0.15, 0.2) is 59.0 Å². The molecule has 0 N–H and O–H groups in total. The summed E-state index contributed by atoms with van der Waals surface area (Å²) < 4.78 is 84.3. The average Bonchev–Trinajstić information content (AvgIpc) is 3.10. The molecule has 0 unspecified atom stereocenters. The van der Waals surface area contributed by atoms with E-state index in [1.165, 1.54) is 0 Å². The molecule has 2 aromatic carbocycles. The second kappa shape index (κ2) is 6.40. The number of nitrogens with zero attached hydrogens (tertiary/aromatic N) is 2. The van der Waals surface area contributed by atoms with E-state index >= 15 is 0 Å². The minimum Gasteiger partial charge on any atom is -0.416 e. The van der Waals surface area contributed by atoms with E-state index in [2.05, 4.69) is 10.2 Å². The van der Waals surface area contributed by atoms with Gasteiger partial charge < -0.3 is 4.42 Å². The van der Waals surface area contributed by atoms with Gasteiger partial charge >= 0.3 is 12.4 Å². The van der Waals surface area contributed by atoms with Gasteiger partial charge in [0.2, 0.25) is 11.8 Å². The predicted octanol–water partition coefficient (Wildman–Crippen LogP) is 5.79. The SMILES string of the molecule is CC(c1ccc(-c2nnc(-c3ccccc3)o2)cc1)(C(F)(F)F)C(F)(F)F. The van der Waals surface area contributed by atoms with Crippen molar-refractivity contribution in [2.24, 2.45) is 0 Å². The Balaban J connectivity index is 1.95. The van der Waals surface area contributed by atoms with Crippen LogP contribution in [0.1, 0.15) is 12.5 Å². The molecule has 0 aliphatic carbocycles. The molecule has 1 aromatic heterocycles. The molecule has 3 nitrogen and oxygen atoms in total. The molecule has 0 amide bonds. The lowest BCUT2D eigenvalue weighted by Gasteiger charge is -2.34. The third kappa shape index (κ3) is 3.29. The number of aromatic nitrogens is 2. The molecule has 0 aliphatic heterocycles. The predicted molar refractivity (Wildman–Crippen MR) is 84.6 cm³/mol. The lowest BCUT2D eigenvalue weighted by atomic mass is 9.80. The van der Waals surface area contributed by atoms with Gasteiger partial charge in [-0.3, -0.25) is 0 Å². The highest BCUT2D eigenvalue weighted by molar-refractivity contribution is 5.58. The molecule has 0 fully saturated rings. The normalized spacial score (nSPS) is 13.0. The zero-order valence-electron chi connectivity index (χ0n) is 13.8. The van der Waals surface area contributed by atoms with E-state index in [9.17, 15) is 26.3 Å². The van der Waals surface area contributed by atoms with Crippen LogP contribution in [0.3, 0.4) is 0 Å². The van der Waals surface area contributed by atoms with Crippen LogP contribution in [0.25, 0.3) is 22.9 Å². The molecule has 0 aliphatic rings. The highest BCUT2D eigenvalue weighted by atomic mass is 19.4. The molecule has 3 rings (SSSR count). The lowest BCUT2D eigenvalue weighted by Crippen LogP contribution is -2.51. The third-order valence-electron chi connectivity index (χ3n) is 4.29. The van der Waals surface area contributed by atoms with Crippen LogP contribution in [0.2, 0.25) is 0 Å². The zero-order valence-corrected chi connectivity index (χ0v) is 13.8. The number of rotatable bonds is 3. The van der Waals surface area contributed by atoms with E-state index in [0.717, 1.165) is 24.3 Å². The smallest absolute Gasteiger partial charge is 0.406 e. The molecule has 0 radical (unpaired) electrons. The van der Waals surface area contributed by atoms with Crippen molar-refractivity contribution in [2.45, 2.75) is 24.7 Å². The van der Waals surface area contributed by atoms with E-state index in [-0.39, 0.29) is 24.3 Å². The molecule has 9 heteroatoms. The van der Waals surface area contributed by atoms with E-state index in [0.29, 0.717) is 5.56 Å². The standard InChI is InChI=1S/C18H12F6N2O/c1-16(17(19,20)21,18(22,23)24)13-9-7-12(8-10-13)15-26-25-14(27-15)11-5-3-2-4-6-11/h2-10H,1H3. The number of alkyl halides is 6. The molecule has 1 heterocycles. The van der Waals surface area contributed by atoms with Crippen LogP contribution in [-0.4, -0.2) is 22.5 Å². The average molecular weight is 386 g/mol. The monoisotopic (exact) mass is 386 g/mol. The Bertz CT molecular complexity index is 900. The van der Waals surface area contributed by atoms with Crippen molar-refractivity contribution in [3.8, 4) is 22.9 Å². The maximum atomic E-state index is 13.1. The van der Waals surface area contributed by atoms with Crippen molar-refractivity contribution >= 4 is 0 Å². The molecular weight excluding hydrogens is 374 g/mol. The molecule has 0 atom stereocenters. The Kier molecular flexibility index (Phi) is 4.49. The highest BCUT2D eigenvalue weighted by Gasteiger charge is 2.68. The fourth-order valence-corrected chi connectivity index (χ4v) is 2.47. The van der Waals surface area contributed by atoms with Gasteiger partial charge in [-0.15, -0.1) is 10.2 Å². The number of hydrogen-bond acceptors (Lipinski definition) is 3. The second-order valence-electron chi connectivity index (χ2n) is 5.98. The molecule has 0 saturated heterocycles. The molecule has 0 bridgehead atoms. The first kappa shape index (κ1) is 18.9. The summed E-state index contributed by atoms with van der Waals surface area (Å²) in [6.07, 6.45) is -11.0. The summed E-state index contributed by atoms with van der Waals surface area (Å²) in [5, 5.41) is 7.63. The van der Waals surface area contributed by atoms with Gasteiger partial charge in [0.15, 0.2) is 5.41 Å². The van der Waals surface area contributed by atoms with Crippen molar-refractivity contribution < 1.29 is 30.8 Å². The summed E-state index contributed by atoms with van der Waals surface area (Å²) >= 11 is 0. The zero-order chi connectivity index (χ0) is 19.9. The van der Waals surface area contributed by atoms with Gasteiger partial charge in [0.1, 0.15) is 0 Å². The van der Waals surface area contributed by atoms with Gasteiger partial charge in [0.05, 0.1) is 0 Å². The van der Waals surface area contributed by atoms with Crippen LogP contribution >= 0.6 is 0 Å². The van der Waals surface area contributed by atoms with Crippen molar-refractivity contribution in [2.75, 3.05) is 0 Å². The maximum absolute atomic E-state index is 13.1. The Labute approximate surface area is 149 Å². The summed E-state index contributed by atoms with van der Waals surface area (Å²) in [6, 6.07) is 12.5. The third-order valence-corrected chi connectivity index (χ3v) is 4.29. The Morgan fingerprint density at radius 2 is 1.11 bits per heavy atom. The maximum Gasteiger partial charge on any atom is 0.406 e. The summed E-state index contributed by atoms with van der Waals surface area (Å²) in [5.74, 6) is 0.172. The Morgan fingerprint density at radius 3 is 1.56 bits per heavy atom. The van der Waals surface area contributed by atoms with Crippen molar-refractivity contribution in [1.82, 2.24) is 10.2 Å². The minimum atomic E-state index is -5.50. The summed E-state index contributed by atoms with van der Waals surface area (Å²) in [7, 11) is 0. The highest BCUT2D eigenvalue weighted by Crippen LogP contribution is 2.51. The number of benzene rings is 2. The molecular formula is C18H12F6N2O. The first-order valence-corrected chi connectivity index (χ1v) is 7.67. The van der Waals surface area contributed by atoms with Crippen molar-refractivity contribution in [1.29, 1.82) is 0 Å². The molecule has 142 valence electrons. The first-order valence-electron chi connectivity index (χ1n) is 7.67. The van der Waals surface area contributed by atoms with Gasteiger partial charge in [-0.25, -0.2) is 0 Å².